The summed E-state index contributed by atoms with van der Waals surface area (Å²) >= 11 is 6.06. The second-order valence-corrected chi connectivity index (χ2v) is 6.66. The molecule has 2 aromatic carbocycles. The summed E-state index contributed by atoms with van der Waals surface area (Å²) in [7, 11) is 0. The number of nitrogens with zero attached hydrogens (tertiary/aromatic N) is 3. The number of aromatic nitrogens is 3. The molecule has 4 aromatic rings. The number of halogens is 1. The summed E-state index contributed by atoms with van der Waals surface area (Å²) in [5, 5.41) is 14.9. The van der Waals surface area contributed by atoms with Crippen LogP contribution in [0.15, 0.2) is 66.9 Å². The highest BCUT2D eigenvalue weighted by Crippen LogP contribution is 2.22. The van der Waals surface area contributed by atoms with Crippen molar-refractivity contribution in [2.24, 2.45) is 0 Å². The fourth-order valence-electron chi connectivity index (χ4n) is 3.04. The van der Waals surface area contributed by atoms with E-state index in [0.717, 1.165) is 46.0 Å². The van der Waals surface area contributed by atoms with Crippen molar-refractivity contribution in [1.29, 1.82) is 0 Å². The molecule has 0 fully saturated rings. The third kappa shape index (κ3) is 3.47. The molecule has 0 radical (unpaired) electrons. The normalized spacial score (nSPS) is 11.2. The number of benzene rings is 2. The van der Waals surface area contributed by atoms with Crippen molar-refractivity contribution in [2.45, 2.75) is 19.4 Å². The molecule has 4 nitrogen and oxygen atoms in total. The van der Waals surface area contributed by atoms with Gasteiger partial charge in [-0.3, -0.25) is 0 Å². The van der Waals surface area contributed by atoms with Crippen molar-refractivity contribution in [3.8, 4) is 11.3 Å². The number of aryl methyl sites for hydroxylation is 2. The van der Waals surface area contributed by atoms with Crippen LogP contribution < -0.4 is 0 Å². The largest absolute Gasteiger partial charge is 0.392 e. The molecule has 0 amide bonds. The van der Waals surface area contributed by atoms with Crippen molar-refractivity contribution in [3.63, 3.8) is 0 Å². The number of imidazole rings is 1. The van der Waals surface area contributed by atoms with Crippen molar-refractivity contribution < 1.29 is 5.11 Å². The van der Waals surface area contributed by atoms with Gasteiger partial charge in [0.25, 0.3) is 0 Å². The fourth-order valence-corrected chi connectivity index (χ4v) is 3.25. The quantitative estimate of drug-likeness (QED) is 0.574. The molecule has 1 N–H and O–H groups in total. The lowest BCUT2D eigenvalue weighted by Crippen LogP contribution is -2.01. The van der Waals surface area contributed by atoms with Crippen molar-refractivity contribution in [3.05, 3.63) is 88.7 Å². The Kier molecular flexibility index (Phi) is 4.69. The third-order valence-corrected chi connectivity index (χ3v) is 4.62. The molecule has 26 heavy (non-hydrogen) atoms. The number of hydrogen-bond donors (Lipinski definition) is 1. The molecule has 5 heteroatoms. The van der Waals surface area contributed by atoms with Gasteiger partial charge in [0, 0.05) is 10.6 Å². The van der Waals surface area contributed by atoms with E-state index in [2.05, 4.69) is 11.1 Å². The minimum absolute atomic E-state index is 0.0168. The van der Waals surface area contributed by atoms with Gasteiger partial charge in [-0.2, -0.15) is 5.10 Å². The van der Waals surface area contributed by atoms with Gasteiger partial charge in [0.05, 0.1) is 24.2 Å². The molecule has 2 heterocycles. The van der Waals surface area contributed by atoms with Crippen LogP contribution in [0.4, 0.5) is 0 Å². The van der Waals surface area contributed by atoms with Gasteiger partial charge in [-0.15, -0.1) is 0 Å². The second-order valence-electron chi connectivity index (χ2n) is 6.23. The predicted molar refractivity (Wildman–Crippen MR) is 103 cm³/mol. The molecule has 130 valence electrons. The molecule has 0 bridgehead atoms. The number of rotatable bonds is 5. The van der Waals surface area contributed by atoms with Crippen molar-refractivity contribution in [1.82, 2.24) is 14.6 Å². The molecular weight excluding hydrogens is 346 g/mol. The summed E-state index contributed by atoms with van der Waals surface area (Å²) in [6, 6.07) is 19.7. The molecule has 0 aliphatic heterocycles. The summed E-state index contributed by atoms with van der Waals surface area (Å²) in [4.78, 5) is 4.44. The van der Waals surface area contributed by atoms with E-state index in [1.54, 1.807) is 0 Å². The Morgan fingerprint density at radius 3 is 2.62 bits per heavy atom. The van der Waals surface area contributed by atoms with Crippen molar-refractivity contribution in [2.75, 3.05) is 0 Å². The zero-order chi connectivity index (χ0) is 17.9. The number of fused-ring (bicyclic) bond motifs is 1. The monoisotopic (exact) mass is 363 g/mol. The van der Waals surface area contributed by atoms with Crippen LogP contribution in [-0.2, 0) is 19.4 Å². The standard InChI is InChI=1S/C21H18ClN3O/c22-18-6-2-3-15(12-18)7-8-19-9-10-21-23-13-20(25(21)24-19)17-5-1-4-16(11-17)14-26/h1-6,9-13,26H,7-8,14H2. The molecule has 0 saturated heterocycles. The Morgan fingerprint density at radius 1 is 0.923 bits per heavy atom. The highest BCUT2D eigenvalue weighted by Gasteiger charge is 2.09. The van der Waals surface area contributed by atoms with Crippen molar-refractivity contribution >= 4 is 17.2 Å². The lowest BCUT2D eigenvalue weighted by Gasteiger charge is -2.06. The van der Waals surface area contributed by atoms with Crippen LogP contribution in [0.2, 0.25) is 5.02 Å². The molecule has 0 atom stereocenters. The zero-order valence-electron chi connectivity index (χ0n) is 14.1. The minimum atomic E-state index is 0.0168. The SMILES string of the molecule is OCc1cccc(-c2cnc3ccc(CCc4cccc(Cl)c4)nn23)c1. The zero-order valence-corrected chi connectivity index (χ0v) is 14.9. The average Bonchev–Trinajstić information content (AvgIpc) is 3.10. The van der Waals surface area contributed by atoms with E-state index >= 15 is 0 Å². The van der Waals surface area contributed by atoms with Crippen LogP contribution in [0.5, 0.6) is 0 Å². The summed E-state index contributed by atoms with van der Waals surface area (Å²) in [5.74, 6) is 0. The fraction of sp³-hybridized carbons (Fsp3) is 0.143. The van der Waals surface area contributed by atoms with Crippen LogP contribution in [0, 0.1) is 0 Å². The molecule has 0 saturated carbocycles. The highest BCUT2D eigenvalue weighted by molar-refractivity contribution is 6.30. The van der Waals surface area contributed by atoms with Crippen LogP contribution >= 0.6 is 11.6 Å². The summed E-state index contributed by atoms with van der Waals surface area (Å²) < 4.78 is 1.86. The Labute approximate surface area is 156 Å². The topological polar surface area (TPSA) is 50.4 Å². The minimum Gasteiger partial charge on any atom is -0.392 e. The maximum absolute atomic E-state index is 9.37. The van der Waals surface area contributed by atoms with Gasteiger partial charge in [-0.25, -0.2) is 9.50 Å². The average molecular weight is 364 g/mol. The summed E-state index contributed by atoms with van der Waals surface area (Å²) in [5.41, 5.74) is 5.77. The van der Waals surface area contributed by atoms with E-state index in [9.17, 15) is 5.11 Å². The first-order chi connectivity index (χ1) is 12.7. The summed E-state index contributed by atoms with van der Waals surface area (Å²) in [6.45, 7) is 0.0168. The van der Waals surface area contributed by atoms with Crippen LogP contribution in [0.25, 0.3) is 16.9 Å². The van der Waals surface area contributed by atoms with E-state index in [-0.39, 0.29) is 6.61 Å². The first-order valence-corrected chi connectivity index (χ1v) is 8.89. The molecular formula is C21H18ClN3O. The van der Waals surface area contributed by atoms with E-state index in [1.807, 2.05) is 65.3 Å². The van der Waals surface area contributed by atoms with Gasteiger partial charge in [-0.05, 0) is 54.3 Å². The molecule has 0 aliphatic carbocycles. The van der Waals surface area contributed by atoms with E-state index < -0.39 is 0 Å². The van der Waals surface area contributed by atoms with Gasteiger partial charge >= 0.3 is 0 Å². The maximum Gasteiger partial charge on any atom is 0.154 e. The predicted octanol–water partition coefficient (Wildman–Crippen LogP) is 4.33. The Balaban J connectivity index is 1.64. The van der Waals surface area contributed by atoms with Gasteiger partial charge in [0.15, 0.2) is 5.65 Å². The smallest absolute Gasteiger partial charge is 0.154 e. The summed E-state index contributed by atoms with van der Waals surface area (Å²) in [6.07, 6.45) is 3.52. The Bertz CT molecular complexity index is 1060. The van der Waals surface area contributed by atoms with E-state index in [1.165, 1.54) is 5.56 Å². The lowest BCUT2D eigenvalue weighted by molar-refractivity contribution is 0.282. The van der Waals surface area contributed by atoms with Crippen LogP contribution in [0.3, 0.4) is 0 Å². The van der Waals surface area contributed by atoms with Crippen LogP contribution in [-0.4, -0.2) is 19.7 Å². The Hall–Kier alpha value is -2.69. The van der Waals surface area contributed by atoms with Gasteiger partial charge in [0.1, 0.15) is 0 Å². The third-order valence-electron chi connectivity index (χ3n) is 4.38. The Morgan fingerprint density at radius 2 is 1.77 bits per heavy atom. The first-order valence-electron chi connectivity index (χ1n) is 8.51. The number of aliphatic hydroxyl groups is 1. The number of aliphatic hydroxyl groups excluding tert-OH is 1. The second kappa shape index (κ2) is 7.28. The lowest BCUT2D eigenvalue weighted by atomic mass is 10.1. The van der Waals surface area contributed by atoms with Crippen LogP contribution in [0.1, 0.15) is 16.8 Å². The van der Waals surface area contributed by atoms with Gasteiger partial charge in [-0.1, -0.05) is 41.9 Å². The maximum atomic E-state index is 9.37. The van der Waals surface area contributed by atoms with Gasteiger partial charge in [0.2, 0.25) is 0 Å². The molecule has 4 rings (SSSR count). The molecule has 0 unspecified atom stereocenters. The van der Waals surface area contributed by atoms with E-state index in [0.29, 0.717) is 0 Å². The molecule has 0 aliphatic rings. The van der Waals surface area contributed by atoms with E-state index in [4.69, 9.17) is 16.7 Å². The first kappa shape index (κ1) is 16.8. The number of hydrogen-bond acceptors (Lipinski definition) is 3. The molecule has 2 aromatic heterocycles. The highest BCUT2D eigenvalue weighted by atomic mass is 35.5. The molecule has 0 spiro atoms. The van der Waals surface area contributed by atoms with Gasteiger partial charge < -0.3 is 5.11 Å².